The lowest BCUT2D eigenvalue weighted by molar-refractivity contribution is 0.0955. The molecule has 0 spiro atoms. The Hall–Kier alpha value is -1.84. The highest BCUT2D eigenvalue weighted by Crippen LogP contribution is 2.21. The van der Waals surface area contributed by atoms with Gasteiger partial charge in [0, 0.05) is 17.6 Å². The smallest absolute Gasteiger partial charge is 0.408 e. The minimum absolute atomic E-state index is 0.159. The van der Waals surface area contributed by atoms with Crippen molar-refractivity contribution < 1.29 is 14.3 Å². The normalized spacial score (nSPS) is 11.2. The molecular weight excluding hydrogens is 245 g/mol. The van der Waals surface area contributed by atoms with Gasteiger partial charge < -0.3 is 5.11 Å². The van der Waals surface area contributed by atoms with Crippen molar-refractivity contribution in [3.63, 3.8) is 0 Å². The first-order chi connectivity index (χ1) is 8.62. The maximum Gasteiger partial charge on any atom is 0.408 e. The minimum atomic E-state index is -1.02. The number of halogens is 1. The third kappa shape index (κ3) is 3.81. The zero-order valence-electron chi connectivity index (χ0n) is 11.8. The summed E-state index contributed by atoms with van der Waals surface area (Å²) >= 11 is 0. The molecule has 1 N–H and O–H groups in total. The minimum Gasteiger partial charge on any atom is -0.465 e. The highest BCUT2D eigenvalue weighted by molar-refractivity contribution is 5.66. The summed E-state index contributed by atoms with van der Waals surface area (Å²) in [6.45, 7) is 11.0. The van der Waals surface area contributed by atoms with Crippen molar-refractivity contribution in [3.05, 3.63) is 41.7 Å². The molecule has 0 aliphatic rings. The van der Waals surface area contributed by atoms with Crippen LogP contribution < -0.4 is 0 Å². The molecule has 0 atom stereocenters. The Labute approximate surface area is 113 Å². The van der Waals surface area contributed by atoms with Crippen LogP contribution >= 0.6 is 0 Å². The first-order valence-electron chi connectivity index (χ1n) is 6.08. The quantitative estimate of drug-likeness (QED) is 0.892. The van der Waals surface area contributed by atoms with Gasteiger partial charge in [0.2, 0.25) is 0 Å². The number of hydrogen-bond donors (Lipinski definition) is 1. The number of rotatable bonds is 3. The van der Waals surface area contributed by atoms with Crippen molar-refractivity contribution in [2.45, 2.75) is 39.8 Å². The largest absolute Gasteiger partial charge is 0.465 e. The molecule has 0 aliphatic carbocycles. The lowest BCUT2D eigenvalue weighted by atomic mass is 10.0. The molecule has 0 heterocycles. The number of carbonyl (C=O) groups is 1. The second-order valence-corrected chi connectivity index (χ2v) is 5.63. The van der Waals surface area contributed by atoms with Crippen molar-refractivity contribution in [1.82, 2.24) is 4.90 Å². The van der Waals surface area contributed by atoms with Gasteiger partial charge in [-0.25, -0.2) is 9.18 Å². The molecule has 19 heavy (non-hydrogen) atoms. The highest BCUT2D eigenvalue weighted by atomic mass is 19.1. The van der Waals surface area contributed by atoms with Gasteiger partial charge in [0.05, 0.1) is 0 Å². The number of amides is 1. The molecule has 0 aliphatic heterocycles. The van der Waals surface area contributed by atoms with E-state index in [9.17, 15) is 14.3 Å². The Morgan fingerprint density at radius 1 is 1.42 bits per heavy atom. The van der Waals surface area contributed by atoms with E-state index in [1.165, 1.54) is 11.0 Å². The molecule has 0 aromatic heterocycles. The molecule has 0 fully saturated rings. The van der Waals surface area contributed by atoms with Crippen molar-refractivity contribution in [3.8, 4) is 0 Å². The molecule has 1 aromatic carbocycles. The molecular formula is C15H20FNO2. The Bertz CT molecular complexity index is 503. The lowest BCUT2D eigenvalue weighted by Crippen LogP contribution is -2.44. The third-order valence-electron chi connectivity index (χ3n) is 2.87. The average Bonchev–Trinajstić information content (AvgIpc) is 2.23. The molecule has 0 saturated heterocycles. The Kier molecular flexibility index (Phi) is 4.35. The highest BCUT2D eigenvalue weighted by Gasteiger charge is 2.26. The predicted octanol–water partition coefficient (Wildman–Crippen LogP) is 4.14. The molecule has 0 bridgehead atoms. The summed E-state index contributed by atoms with van der Waals surface area (Å²) in [6, 6.07) is 4.73. The number of hydrogen-bond acceptors (Lipinski definition) is 1. The Morgan fingerprint density at radius 3 is 2.37 bits per heavy atom. The van der Waals surface area contributed by atoms with Gasteiger partial charge >= 0.3 is 6.09 Å². The molecule has 0 saturated carbocycles. The fraction of sp³-hybridized carbons (Fsp3) is 0.400. The van der Waals surface area contributed by atoms with Crippen LogP contribution in [0.1, 0.15) is 38.8 Å². The van der Waals surface area contributed by atoms with Crippen LogP contribution in [0.25, 0.3) is 5.57 Å². The average molecular weight is 265 g/mol. The van der Waals surface area contributed by atoms with E-state index in [4.69, 9.17) is 0 Å². The maximum absolute atomic E-state index is 13.8. The SMILES string of the molecule is C=C(C)c1ccc(CN(C(=O)O)C(C)(C)C)cc1F. The van der Waals surface area contributed by atoms with E-state index >= 15 is 0 Å². The van der Waals surface area contributed by atoms with E-state index in [0.717, 1.165) is 0 Å². The molecule has 0 radical (unpaired) electrons. The summed E-state index contributed by atoms with van der Waals surface area (Å²) in [5, 5.41) is 9.20. The topological polar surface area (TPSA) is 40.5 Å². The van der Waals surface area contributed by atoms with E-state index < -0.39 is 11.6 Å². The summed E-state index contributed by atoms with van der Waals surface area (Å²) in [5.41, 5.74) is 1.20. The molecule has 1 aromatic rings. The standard InChI is InChI=1S/C15H20FNO2/c1-10(2)12-7-6-11(8-13(12)16)9-17(14(18)19)15(3,4)5/h6-8H,1,9H2,2-5H3,(H,18,19). The van der Waals surface area contributed by atoms with E-state index in [1.807, 2.05) is 0 Å². The fourth-order valence-electron chi connectivity index (χ4n) is 1.78. The first-order valence-corrected chi connectivity index (χ1v) is 6.08. The van der Waals surface area contributed by atoms with Gasteiger partial charge in [0.25, 0.3) is 0 Å². The molecule has 3 nitrogen and oxygen atoms in total. The van der Waals surface area contributed by atoms with Gasteiger partial charge in [-0.05, 0) is 44.9 Å². The maximum atomic E-state index is 13.8. The molecule has 1 rings (SSSR count). The van der Waals surface area contributed by atoms with Gasteiger partial charge in [0.1, 0.15) is 5.82 Å². The summed E-state index contributed by atoms with van der Waals surface area (Å²) < 4.78 is 13.8. The van der Waals surface area contributed by atoms with Gasteiger partial charge in [-0.1, -0.05) is 18.7 Å². The van der Waals surface area contributed by atoms with Gasteiger partial charge in [0.15, 0.2) is 0 Å². The number of carboxylic acid groups (broad SMARTS) is 1. The first kappa shape index (κ1) is 15.2. The van der Waals surface area contributed by atoms with Crippen LogP contribution in [0.15, 0.2) is 24.8 Å². The third-order valence-corrected chi connectivity index (χ3v) is 2.87. The van der Waals surface area contributed by atoms with Crippen LogP contribution in [0.3, 0.4) is 0 Å². The van der Waals surface area contributed by atoms with Gasteiger partial charge in [-0.15, -0.1) is 0 Å². The van der Waals surface area contributed by atoms with Crippen LogP contribution in [0, 0.1) is 5.82 Å². The predicted molar refractivity (Wildman–Crippen MR) is 74.4 cm³/mol. The van der Waals surface area contributed by atoms with Gasteiger partial charge in [-0.3, -0.25) is 4.90 Å². The summed E-state index contributed by atoms with van der Waals surface area (Å²) in [7, 11) is 0. The van der Waals surface area contributed by atoms with Crippen molar-refractivity contribution >= 4 is 11.7 Å². The Balaban J connectivity index is 3.02. The lowest BCUT2D eigenvalue weighted by Gasteiger charge is -2.33. The molecule has 0 unspecified atom stereocenters. The van der Waals surface area contributed by atoms with Crippen LogP contribution in [-0.2, 0) is 6.54 Å². The second-order valence-electron chi connectivity index (χ2n) is 5.63. The van der Waals surface area contributed by atoms with Crippen molar-refractivity contribution in [2.75, 3.05) is 0 Å². The van der Waals surface area contributed by atoms with E-state index in [2.05, 4.69) is 6.58 Å². The molecule has 1 amide bonds. The second kappa shape index (κ2) is 5.43. The zero-order chi connectivity index (χ0) is 14.8. The summed E-state index contributed by atoms with van der Waals surface area (Å²) in [6.07, 6.45) is -1.02. The molecule has 4 heteroatoms. The summed E-state index contributed by atoms with van der Waals surface area (Å²) in [4.78, 5) is 12.5. The van der Waals surface area contributed by atoms with Crippen LogP contribution in [0.2, 0.25) is 0 Å². The summed E-state index contributed by atoms with van der Waals surface area (Å²) in [5.74, 6) is -0.371. The van der Waals surface area contributed by atoms with E-state index in [1.54, 1.807) is 39.8 Å². The monoisotopic (exact) mass is 265 g/mol. The van der Waals surface area contributed by atoms with Crippen LogP contribution in [0.4, 0.5) is 9.18 Å². The van der Waals surface area contributed by atoms with Crippen LogP contribution in [0.5, 0.6) is 0 Å². The number of benzene rings is 1. The Morgan fingerprint density at radius 2 is 2.00 bits per heavy atom. The fourth-order valence-corrected chi connectivity index (χ4v) is 1.78. The number of allylic oxidation sites excluding steroid dienone is 1. The van der Waals surface area contributed by atoms with E-state index in [-0.39, 0.29) is 12.4 Å². The van der Waals surface area contributed by atoms with Crippen LogP contribution in [-0.4, -0.2) is 21.6 Å². The molecule has 104 valence electrons. The zero-order valence-corrected chi connectivity index (χ0v) is 11.8. The van der Waals surface area contributed by atoms with E-state index in [0.29, 0.717) is 16.7 Å². The van der Waals surface area contributed by atoms with Gasteiger partial charge in [-0.2, -0.15) is 0 Å². The van der Waals surface area contributed by atoms with Crippen molar-refractivity contribution in [1.29, 1.82) is 0 Å². The number of nitrogens with zero attached hydrogens (tertiary/aromatic N) is 1. The van der Waals surface area contributed by atoms with Crippen molar-refractivity contribution in [2.24, 2.45) is 0 Å².